The number of aryl methyl sites for hydroxylation is 4. The molecule has 0 aliphatic heterocycles. The molecule has 6 rings (SSSR count). The van der Waals surface area contributed by atoms with Crippen molar-refractivity contribution in [1.29, 1.82) is 0 Å². The second kappa shape index (κ2) is 8.16. The van der Waals surface area contributed by atoms with Crippen molar-refractivity contribution in [3.05, 3.63) is 93.9 Å². The van der Waals surface area contributed by atoms with Gasteiger partial charge >= 0.3 is 0 Å². The number of halogens is 1. The predicted octanol–water partition coefficient (Wildman–Crippen LogP) is 4.84. The molecule has 4 heterocycles. The number of fused-ring (bicyclic) bond motifs is 4. The van der Waals surface area contributed by atoms with E-state index in [9.17, 15) is 9.18 Å². The van der Waals surface area contributed by atoms with Crippen LogP contribution in [0.5, 0.6) is 0 Å². The topological polar surface area (TPSA) is 80.9 Å². The Morgan fingerprint density at radius 1 is 1.06 bits per heavy atom. The molecule has 8 heteroatoms. The van der Waals surface area contributed by atoms with Crippen molar-refractivity contribution in [3.63, 3.8) is 0 Å². The Bertz CT molecular complexity index is 1780. The zero-order chi connectivity index (χ0) is 24.1. The minimum atomic E-state index is -0.303. The van der Waals surface area contributed by atoms with Gasteiger partial charge in [0.2, 0.25) is 0 Å². The zero-order valence-electron chi connectivity index (χ0n) is 19.4. The van der Waals surface area contributed by atoms with Crippen molar-refractivity contribution in [2.75, 3.05) is 0 Å². The zero-order valence-corrected chi connectivity index (χ0v) is 19.4. The van der Waals surface area contributed by atoms with E-state index in [0.29, 0.717) is 30.6 Å². The molecule has 0 spiro atoms. The van der Waals surface area contributed by atoms with Gasteiger partial charge in [-0.25, -0.2) is 8.91 Å². The molecule has 0 saturated carbocycles. The first-order chi connectivity index (χ1) is 17.0. The number of H-pyrrole nitrogens is 1. The molecule has 35 heavy (non-hydrogen) atoms. The molecule has 0 saturated heterocycles. The second-order valence-electron chi connectivity index (χ2n) is 8.78. The first-order valence-corrected chi connectivity index (χ1v) is 11.6. The van der Waals surface area contributed by atoms with E-state index >= 15 is 0 Å². The maximum atomic E-state index is 13.5. The standard InChI is InChI=1S/C27H23FN6O/c1-3-21-24(17-5-7-19(28)8-6-17)26-31-30-25-23(34(26)32-21)11-13-33(27(25)35)12-10-18-15-29-22-9-4-16(2)14-20(18)22/h4-9,11,13-15,29H,3,10,12H2,1-2H3. The van der Waals surface area contributed by atoms with E-state index < -0.39 is 0 Å². The highest BCUT2D eigenvalue weighted by molar-refractivity contribution is 5.85. The molecule has 0 atom stereocenters. The normalized spacial score (nSPS) is 11.7. The Kier molecular flexibility index (Phi) is 4.95. The van der Waals surface area contributed by atoms with Crippen molar-refractivity contribution >= 4 is 27.6 Å². The summed E-state index contributed by atoms with van der Waals surface area (Å²) in [6, 6.07) is 14.4. The number of aromatic amines is 1. The van der Waals surface area contributed by atoms with Crippen LogP contribution in [0.15, 0.2) is 65.7 Å². The largest absolute Gasteiger partial charge is 0.361 e. The Hall–Kier alpha value is -4.33. The fraction of sp³-hybridized carbons (Fsp3) is 0.185. The third-order valence-corrected chi connectivity index (χ3v) is 6.54. The highest BCUT2D eigenvalue weighted by Crippen LogP contribution is 2.29. The van der Waals surface area contributed by atoms with Crippen LogP contribution < -0.4 is 5.56 Å². The molecule has 2 aromatic carbocycles. The van der Waals surface area contributed by atoms with Gasteiger partial charge in [0.15, 0.2) is 11.2 Å². The van der Waals surface area contributed by atoms with Gasteiger partial charge in [0.1, 0.15) is 11.3 Å². The Morgan fingerprint density at radius 3 is 2.69 bits per heavy atom. The molecule has 0 aliphatic rings. The fourth-order valence-electron chi connectivity index (χ4n) is 4.70. The molecule has 1 N–H and O–H groups in total. The van der Waals surface area contributed by atoms with Gasteiger partial charge in [0, 0.05) is 29.8 Å². The van der Waals surface area contributed by atoms with Gasteiger partial charge in [-0.15, -0.1) is 10.2 Å². The molecule has 4 aromatic heterocycles. The molecule has 0 fully saturated rings. The van der Waals surface area contributed by atoms with Crippen molar-refractivity contribution in [1.82, 2.24) is 29.4 Å². The van der Waals surface area contributed by atoms with Gasteiger partial charge in [-0.2, -0.15) is 5.10 Å². The Morgan fingerprint density at radius 2 is 1.89 bits per heavy atom. The van der Waals surface area contributed by atoms with E-state index in [2.05, 4.69) is 40.3 Å². The summed E-state index contributed by atoms with van der Waals surface area (Å²) in [4.78, 5) is 16.6. The number of nitrogens with zero attached hydrogens (tertiary/aromatic N) is 5. The number of aromatic nitrogens is 6. The van der Waals surface area contributed by atoms with Crippen LogP contribution in [0.2, 0.25) is 0 Å². The summed E-state index contributed by atoms with van der Waals surface area (Å²) < 4.78 is 16.8. The van der Waals surface area contributed by atoms with E-state index in [-0.39, 0.29) is 16.9 Å². The molecule has 0 unspecified atom stereocenters. The molecule has 174 valence electrons. The van der Waals surface area contributed by atoms with Gasteiger partial charge in [0.25, 0.3) is 5.56 Å². The first-order valence-electron chi connectivity index (χ1n) is 11.6. The van der Waals surface area contributed by atoms with Gasteiger partial charge in [-0.1, -0.05) is 30.7 Å². The SMILES string of the molecule is CCc1nn2c(nnc3c(=O)n(CCc4c[nH]c5ccc(C)cc45)ccc32)c1-c1ccc(F)cc1. The third kappa shape index (κ3) is 3.49. The molecule has 0 amide bonds. The Balaban J connectivity index is 1.41. The second-order valence-corrected chi connectivity index (χ2v) is 8.78. The molecule has 0 bridgehead atoms. The summed E-state index contributed by atoms with van der Waals surface area (Å²) in [5.41, 5.74) is 7.11. The summed E-state index contributed by atoms with van der Waals surface area (Å²) in [5.74, 6) is -0.303. The third-order valence-electron chi connectivity index (χ3n) is 6.54. The average molecular weight is 467 g/mol. The van der Waals surface area contributed by atoms with Crippen LogP contribution in [-0.2, 0) is 19.4 Å². The Labute approximate surface area is 199 Å². The van der Waals surface area contributed by atoms with Gasteiger partial charge in [-0.05, 0) is 61.2 Å². The summed E-state index contributed by atoms with van der Waals surface area (Å²) >= 11 is 0. The number of hydrogen-bond acceptors (Lipinski definition) is 4. The van der Waals surface area contributed by atoms with E-state index in [1.807, 2.05) is 19.2 Å². The molecule has 7 nitrogen and oxygen atoms in total. The highest BCUT2D eigenvalue weighted by atomic mass is 19.1. The quantitative estimate of drug-likeness (QED) is 0.394. The lowest BCUT2D eigenvalue weighted by Crippen LogP contribution is -2.22. The molecular formula is C27H23FN6O. The number of benzene rings is 2. The van der Waals surface area contributed by atoms with Crippen LogP contribution in [0.25, 0.3) is 38.7 Å². The fourth-order valence-corrected chi connectivity index (χ4v) is 4.70. The number of pyridine rings is 1. The monoisotopic (exact) mass is 466 g/mol. The van der Waals surface area contributed by atoms with Crippen LogP contribution >= 0.6 is 0 Å². The lowest BCUT2D eigenvalue weighted by Gasteiger charge is -2.07. The number of hydrogen-bond donors (Lipinski definition) is 1. The van der Waals surface area contributed by atoms with Crippen LogP contribution in [0.1, 0.15) is 23.7 Å². The smallest absolute Gasteiger partial charge is 0.280 e. The number of rotatable bonds is 5. The highest BCUT2D eigenvalue weighted by Gasteiger charge is 2.19. The van der Waals surface area contributed by atoms with Gasteiger partial charge in [0.05, 0.1) is 11.3 Å². The summed E-state index contributed by atoms with van der Waals surface area (Å²) in [6.45, 7) is 4.60. The average Bonchev–Trinajstić information content (AvgIpc) is 3.45. The minimum Gasteiger partial charge on any atom is -0.361 e. The number of nitrogens with one attached hydrogen (secondary N) is 1. The summed E-state index contributed by atoms with van der Waals surface area (Å²) in [7, 11) is 0. The molecule has 0 aliphatic carbocycles. The summed E-state index contributed by atoms with van der Waals surface area (Å²) in [6.07, 6.45) is 5.17. The van der Waals surface area contributed by atoms with Crippen molar-refractivity contribution < 1.29 is 4.39 Å². The van der Waals surface area contributed by atoms with E-state index in [1.54, 1.807) is 27.4 Å². The summed E-state index contributed by atoms with van der Waals surface area (Å²) in [5, 5.41) is 14.6. The van der Waals surface area contributed by atoms with Crippen LogP contribution in [0.4, 0.5) is 4.39 Å². The maximum absolute atomic E-state index is 13.5. The molecular weight excluding hydrogens is 443 g/mol. The van der Waals surface area contributed by atoms with Crippen molar-refractivity contribution in [3.8, 4) is 11.1 Å². The van der Waals surface area contributed by atoms with Crippen molar-refractivity contribution in [2.24, 2.45) is 0 Å². The van der Waals surface area contributed by atoms with Crippen LogP contribution in [0.3, 0.4) is 0 Å². The van der Waals surface area contributed by atoms with E-state index in [4.69, 9.17) is 5.10 Å². The first kappa shape index (κ1) is 21.2. The van der Waals surface area contributed by atoms with Crippen LogP contribution in [-0.4, -0.2) is 29.4 Å². The van der Waals surface area contributed by atoms with Crippen molar-refractivity contribution in [2.45, 2.75) is 33.2 Å². The minimum absolute atomic E-state index is 0.204. The maximum Gasteiger partial charge on any atom is 0.280 e. The lowest BCUT2D eigenvalue weighted by molar-refractivity contribution is 0.628. The van der Waals surface area contributed by atoms with Gasteiger partial charge < -0.3 is 9.55 Å². The molecule has 6 aromatic rings. The molecule has 0 radical (unpaired) electrons. The lowest BCUT2D eigenvalue weighted by atomic mass is 10.0. The predicted molar refractivity (Wildman–Crippen MR) is 134 cm³/mol. The van der Waals surface area contributed by atoms with E-state index in [0.717, 1.165) is 22.3 Å². The van der Waals surface area contributed by atoms with Crippen LogP contribution in [0, 0.1) is 12.7 Å². The van der Waals surface area contributed by atoms with E-state index in [1.165, 1.54) is 28.6 Å². The van der Waals surface area contributed by atoms with Gasteiger partial charge in [-0.3, -0.25) is 4.79 Å².